The third-order valence-electron chi connectivity index (χ3n) is 6.13. The molecule has 3 heterocycles. The van der Waals surface area contributed by atoms with Crippen molar-refractivity contribution in [3.63, 3.8) is 0 Å². The maximum absolute atomic E-state index is 12.8. The van der Waals surface area contributed by atoms with E-state index in [0.29, 0.717) is 47.3 Å². The standard InChI is InChI=1S/C22H21N7O2/c1-2-23-22-26-18-20(27-22)24-11-29(21(18)30)10-16-25-19(28-31-16)17-14-8-13(9-15(14)17)12-6-4-3-5-7-12/h3-8,11,14-15,17H,2,9-10H2,1H3,(H2,23,26,27)/t14-,15+,17+/m1/s1. The maximum atomic E-state index is 12.8. The minimum atomic E-state index is -0.222. The number of nitrogens with one attached hydrogen (secondary N) is 2. The Morgan fingerprint density at radius 3 is 2.90 bits per heavy atom. The summed E-state index contributed by atoms with van der Waals surface area (Å²) >= 11 is 0. The molecule has 1 aromatic carbocycles. The van der Waals surface area contributed by atoms with E-state index in [-0.39, 0.29) is 12.1 Å². The molecule has 0 saturated heterocycles. The van der Waals surface area contributed by atoms with Gasteiger partial charge in [-0.05, 0) is 36.3 Å². The Bertz CT molecular complexity index is 1350. The van der Waals surface area contributed by atoms with Crippen LogP contribution >= 0.6 is 0 Å². The first-order valence-electron chi connectivity index (χ1n) is 10.5. The molecule has 3 atom stereocenters. The number of aromatic amines is 1. The lowest BCUT2D eigenvalue weighted by Crippen LogP contribution is -2.21. The molecule has 1 fully saturated rings. The van der Waals surface area contributed by atoms with Gasteiger partial charge >= 0.3 is 0 Å². The van der Waals surface area contributed by atoms with E-state index in [2.05, 4.69) is 60.8 Å². The van der Waals surface area contributed by atoms with Crippen molar-refractivity contribution in [3.8, 4) is 0 Å². The van der Waals surface area contributed by atoms with Crippen molar-refractivity contribution in [2.45, 2.75) is 25.8 Å². The number of nitrogens with zero attached hydrogens (tertiary/aromatic N) is 5. The molecule has 0 unspecified atom stereocenters. The number of imidazole rings is 1. The van der Waals surface area contributed by atoms with Crippen LogP contribution in [0.15, 0.2) is 52.1 Å². The highest BCUT2D eigenvalue weighted by Crippen LogP contribution is 2.62. The zero-order valence-electron chi connectivity index (χ0n) is 16.9. The molecule has 9 heteroatoms. The molecule has 0 aliphatic heterocycles. The quantitative estimate of drug-likeness (QED) is 0.498. The Morgan fingerprint density at radius 1 is 1.26 bits per heavy atom. The summed E-state index contributed by atoms with van der Waals surface area (Å²) < 4.78 is 6.90. The van der Waals surface area contributed by atoms with Crippen LogP contribution in [0.2, 0.25) is 0 Å². The van der Waals surface area contributed by atoms with Crippen LogP contribution in [0.25, 0.3) is 16.7 Å². The first-order valence-corrected chi connectivity index (χ1v) is 10.5. The molecule has 2 N–H and O–H groups in total. The second kappa shape index (κ2) is 6.90. The van der Waals surface area contributed by atoms with Gasteiger partial charge in [-0.3, -0.25) is 9.36 Å². The van der Waals surface area contributed by atoms with Crippen LogP contribution in [-0.4, -0.2) is 36.2 Å². The molecule has 2 aliphatic carbocycles. The summed E-state index contributed by atoms with van der Waals surface area (Å²) in [6.07, 6.45) is 4.85. The van der Waals surface area contributed by atoms with Crippen LogP contribution in [0.3, 0.4) is 0 Å². The number of hydrogen-bond donors (Lipinski definition) is 2. The van der Waals surface area contributed by atoms with Gasteiger partial charge in [-0.2, -0.15) is 9.97 Å². The second-order valence-electron chi connectivity index (χ2n) is 8.07. The third kappa shape index (κ3) is 3.04. The highest BCUT2D eigenvalue weighted by Gasteiger charge is 2.55. The fourth-order valence-electron chi connectivity index (χ4n) is 4.58. The lowest BCUT2D eigenvalue weighted by molar-refractivity contribution is 0.364. The van der Waals surface area contributed by atoms with E-state index >= 15 is 0 Å². The van der Waals surface area contributed by atoms with Gasteiger partial charge in [0.1, 0.15) is 12.9 Å². The molecule has 0 spiro atoms. The van der Waals surface area contributed by atoms with Crippen molar-refractivity contribution in [3.05, 3.63) is 70.4 Å². The Hall–Kier alpha value is -3.75. The normalized spacial score (nSPS) is 21.8. The lowest BCUT2D eigenvalue weighted by atomic mass is 10.0. The Kier molecular flexibility index (Phi) is 4.02. The van der Waals surface area contributed by atoms with Crippen molar-refractivity contribution >= 4 is 22.7 Å². The van der Waals surface area contributed by atoms with E-state index < -0.39 is 0 Å². The molecular formula is C22H21N7O2. The summed E-state index contributed by atoms with van der Waals surface area (Å²) in [6, 6.07) is 10.5. The summed E-state index contributed by atoms with van der Waals surface area (Å²) in [4.78, 5) is 28.8. The predicted octanol–water partition coefficient (Wildman–Crippen LogP) is 2.80. The van der Waals surface area contributed by atoms with Crippen LogP contribution in [0.1, 0.15) is 36.5 Å². The molecule has 6 rings (SSSR count). The average molecular weight is 415 g/mol. The van der Waals surface area contributed by atoms with Crippen LogP contribution < -0.4 is 10.9 Å². The fraction of sp³-hybridized carbons (Fsp3) is 0.318. The highest BCUT2D eigenvalue weighted by molar-refractivity contribution is 5.72. The number of fused-ring (bicyclic) bond motifs is 2. The third-order valence-corrected chi connectivity index (χ3v) is 6.13. The molecule has 0 bridgehead atoms. The van der Waals surface area contributed by atoms with Crippen LogP contribution in [0, 0.1) is 11.8 Å². The van der Waals surface area contributed by atoms with Crippen LogP contribution in [-0.2, 0) is 6.54 Å². The summed E-state index contributed by atoms with van der Waals surface area (Å²) in [5.74, 6) is 2.97. The number of aromatic nitrogens is 6. The molecule has 0 amide bonds. The zero-order valence-corrected chi connectivity index (χ0v) is 16.9. The molecule has 2 aliphatic rings. The SMILES string of the molecule is CCNc1nc2ncn(Cc3nc([C@H]4[C@@H]5C=C(c6ccccc6)C[C@@H]54)no3)c(=O)c2[nH]1. The minimum absolute atomic E-state index is 0.178. The molecule has 1 saturated carbocycles. The number of hydrogen-bond acceptors (Lipinski definition) is 7. The highest BCUT2D eigenvalue weighted by atomic mass is 16.5. The largest absolute Gasteiger partial charge is 0.356 e. The molecule has 156 valence electrons. The van der Waals surface area contributed by atoms with Gasteiger partial charge in [0.05, 0.1) is 0 Å². The monoisotopic (exact) mass is 415 g/mol. The second-order valence-corrected chi connectivity index (χ2v) is 8.07. The Morgan fingerprint density at radius 2 is 2.13 bits per heavy atom. The van der Waals surface area contributed by atoms with Gasteiger partial charge in [0.2, 0.25) is 11.8 Å². The molecular weight excluding hydrogens is 394 g/mol. The number of allylic oxidation sites excluding steroid dienone is 2. The Balaban J connectivity index is 1.19. The summed E-state index contributed by atoms with van der Waals surface area (Å²) in [5.41, 5.74) is 3.21. The number of H-pyrrole nitrogens is 1. The van der Waals surface area contributed by atoms with E-state index in [4.69, 9.17) is 4.52 Å². The van der Waals surface area contributed by atoms with Crippen molar-refractivity contribution in [2.24, 2.45) is 11.8 Å². The zero-order chi connectivity index (χ0) is 20.9. The first kappa shape index (κ1) is 18.1. The number of rotatable bonds is 6. The maximum Gasteiger partial charge on any atom is 0.279 e. The van der Waals surface area contributed by atoms with Crippen molar-refractivity contribution in [1.82, 2.24) is 29.7 Å². The Labute approximate surface area is 177 Å². The number of benzene rings is 1. The van der Waals surface area contributed by atoms with Gasteiger partial charge in [-0.1, -0.05) is 41.6 Å². The van der Waals surface area contributed by atoms with Crippen LogP contribution in [0.4, 0.5) is 5.95 Å². The van der Waals surface area contributed by atoms with Crippen molar-refractivity contribution in [1.29, 1.82) is 0 Å². The minimum Gasteiger partial charge on any atom is -0.356 e. The van der Waals surface area contributed by atoms with Crippen LogP contribution in [0.5, 0.6) is 0 Å². The molecule has 31 heavy (non-hydrogen) atoms. The van der Waals surface area contributed by atoms with E-state index in [1.807, 2.05) is 13.0 Å². The smallest absolute Gasteiger partial charge is 0.279 e. The van der Waals surface area contributed by atoms with Gasteiger partial charge < -0.3 is 14.8 Å². The topological polar surface area (TPSA) is 115 Å². The summed E-state index contributed by atoms with van der Waals surface area (Å²) in [6.45, 7) is 2.83. The van der Waals surface area contributed by atoms with E-state index in [0.717, 1.165) is 12.2 Å². The molecule has 9 nitrogen and oxygen atoms in total. The molecule has 3 aromatic heterocycles. The van der Waals surface area contributed by atoms with E-state index in [1.54, 1.807) is 0 Å². The average Bonchev–Trinajstić information content (AvgIpc) is 3.23. The van der Waals surface area contributed by atoms with Gasteiger partial charge in [0, 0.05) is 12.5 Å². The fourth-order valence-corrected chi connectivity index (χ4v) is 4.58. The molecule has 4 aromatic rings. The lowest BCUT2D eigenvalue weighted by Gasteiger charge is -2.04. The van der Waals surface area contributed by atoms with Gasteiger partial charge in [0.25, 0.3) is 5.56 Å². The van der Waals surface area contributed by atoms with Gasteiger partial charge in [-0.25, -0.2) is 4.98 Å². The van der Waals surface area contributed by atoms with Crippen molar-refractivity contribution in [2.75, 3.05) is 11.9 Å². The van der Waals surface area contributed by atoms with E-state index in [9.17, 15) is 4.79 Å². The summed E-state index contributed by atoms with van der Waals surface area (Å²) in [7, 11) is 0. The molecule has 0 radical (unpaired) electrons. The number of anilines is 1. The predicted molar refractivity (Wildman–Crippen MR) is 114 cm³/mol. The van der Waals surface area contributed by atoms with Crippen molar-refractivity contribution < 1.29 is 4.52 Å². The first-order chi connectivity index (χ1) is 15.2. The summed E-state index contributed by atoms with van der Waals surface area (Å²) in [5, 5.41) is 7.24. The van der Waals surface area contributed by atoms with Gasteiger partial charge in [-0.15, -0.1) is 0 Å². The van der Waals surface area contributed by atoms with Gasteiger partial charge in [0.15, 0.2) is 17.0 Å². The van der Waals surface area contributed by atoms with E-state index in [1.165, 1.54) is 22.0 Å².